The van der Waals surface area contributed by atoms with Gasteiger partial charge >= 0.3 is 0 Å². The van der Waals surface area contributed by atoms with Crippen LogP contribution in [-0.2, 0) is 25.6 Å². The molecule has 2 aliphatic rings. The Labute approximate surface area is 136 Å². The van der Waals surface area contributed by atoms with Crippen LogP contribution in [0.4, 0.5) is 0 Å². The van der Waals surface area contributed by atoms with Gasteiger partial charge in [0.15, 0.2) is 0 Å². The normalized spacial score (nSPS) is 22.8. The van der Waals surface area contributed by atoms with Gasteiger partial charge < -0.3 is 19.1 Å². The molecule has 6 heteroatoms. The van der Waals surface area contributed by atoms with Crippen LogP contribution in [0.25, 0.3) is 0 Å². The van der Waals surface area contributed by atoms with Crippen LogP contribution >= 0.6 is 0 Å². The van der Waals surface area contributed by atoms with Crippen molar-refractivity contribution in [2.24, 2.45) is 0 Å². The van der Waals surface area contributed by atoms with Gasteiger partial charge in [0.2, 0.25) is 5.91 Å². The molecule has 0 N–H and O–H groups in total. The first kappa shape index (κ1) is 16.4. The highest BCUT2D eigenvalue weighted by molar-refractivity contribution is 5.78. The summed E-state index contributed by atoms with van der Waals surface area (Å²) in [6, 6.07) is 3.93. The number of pyridine rings is 1. The van der Waals surface area contributed by atoms with E-state index in [1.165, 1.54) is 0 Å². The largest absolute Gasteiger partial charge is 0.373 e. The molecule has 126 valence electrons. The van der Waals surface area contributed by atoms with E-state index < -0.39 is 0 Å². The third-order valence-electron chi connectivity index (χ3n) is 4.42. The number of ether oxygens (including phenoxy) is 3. The zero-order valence-electron chi connectivity index (χ0n) is 13.6. The van der Waals surface area contributed by atoms with Crippen molar-refractivity contribution in [2.45, 2.75) is 38.1 Å². The predicted octanol–water partition coefficient (Wildman–Crippen LogP) is 1.39. The van der Waals surface area contributed by atoms with E-state index in [0.717, 1.165) is 18.4 Å². The minimum absolute atomic E-state index is 0.0425. The highest BCUT2D eigenvalue weighted by Gasteiger charge is 2.49. The second-order valence-corrected chi connectivity index (χ2v) is 6.20. The molecule has 0 saturated carbocycles. The lowest BCUT2D eigenvalue weighted by molar-refractivity contribution is -0.204. The minimum atomic E-state index is -0.219. The number of hydrogen-bond donors (Lipinski definition) is 0. The van der Waals surface area contributed by atoms with Crippen LogP contribution in [0.15, 0.2) is 24.5 Å². The van der Waals surface area contributed by atoms with E-state index in [2.05, 4.69) is 4.98 Å². The zero-order valence-corrected chi connectivity index (χ0v) is 13.6. The Hall–Kier alpha value is -1.50. The molecule has 1 aromatic rings. The Balaban J connectivity index is 1.45. The molecule has 2 fully saturated rings. The molecule has 23 heavy (non-hydrogen) atoms. The molecule has 1 aromatic heterocycles. The maximum atomic E-state index is 11.9. The van der Waals surface area contributed by atoms with Crippen LogP contribution in [0.1, 0.15) is 25.3 Å². The van der Waals surface area contributed by atoms with Crippen molar-refractivity contribution in [1.82, 2.24) is 9.88 Å². The number of rotatable bonds is 6. The molecule has 2 saturated heterocycles. The third kappa shape index (κ3) is 4.07. The van der Waals surface area contributed by atoms with E-state index in [0.29, 0.717) is 32.9 Å². The average molecular weight is 320 g/mol. The number of amides is 1. The van der Waals surface area contributed by atoms with Gasteiger partial charge in [-0.25, -0.2) is 0 Å². The van der Waals surface area contributed by atoms with Crippen LogP contribution in [0.5, 0.6) is 0 Å². The van der Waals surface area contributed by atoms with Gasteiger partial charge in [-0.3, -0.25) is 9.78 Å². The molecule has 3 heterocycles. The third-order valence-corrected chi connectivity index (χ3v) is 4.42. The van der Waals surface area contributed by atoms with Crippen molar-refractivity contribution < 1.29 is 19.0 Å². The lowest BCUT2D eigenvalue weighted by Crippen LogP contribution is -2.67. The summed E-state index contributed by atoms with van der Waals surface area (Å²) >= 11 is 0. The number of carbonyl (C=O) groups is 1. The quantitative estimate of drug-likeness (QED) is 0.793. The molecular weight excluding hydrogens is 296 g/mol. The van der Waals surface area contributed by atoms with Crippen molar-refractivity contribution >= 4 is 5.91 Å². The second-order valence-electron chi connectivity index (χ2n) is 6.20. The summed E-state index contributed by atoms with van der Waals surface area (Å²) < 4.78 is 17.1. The highest BCUT2D eigenvalue weighted by atomic mass is 16.5. The number of nitrogens with zero attached hydrogens (tertiary/aromatic N) is 2. The Morgan fingerprint density at radius 1 is 1.43 bits per heavy atom. The van der Waals surface area contributed by atoms with Gasteiger partial charge in [-0.15, -0.1) is 0 Å². The minimum Gasteiger partial charge on any atom is -0.373 e. The molecule has 0 unspecified atom stereocenters. The highest BCUT2D eigenvalue weighted by Crippen LogP contribution is 2.35. The Kier molecular flexibility index (Phi) is 5.25. The van der Waals surface area contributed by atoms with Crippen LogP contribution in [0.2, 0.25) is 0 Å². The topological polar surface area (TPSA) is 60.9 Å². The van der Waals surface area contributed by atoms with Gasteiger partial charge in [0.25, 0.3) is 0 Å². The summed E-state index contributed by atoms with van der Waals surface area (Å²) in [4.78, 5) is 17.7. The van der Waals surface area contributed by atoms with E-state index in [4.69, 9.17) is 14.2 Å². The molecule has 1 atom stereocenters. The lowest BCUT2D eigenvalue weighted by Gasteiger charge is -2.53. The molecule has 0 aliphatic carbocycles. The Morgan fingerprint density at radius 3 is 2.96 bits per heavy atom. The van der Waals surface area contributed by atoms with Crippen molar-refractivity contribution in [3.8, 4) is 0 Å². The SMILES string of the molecule is CCOCC(=O)N1CC2(C[C@H](OCc3ccncc3)CCO2)C1. The molecular formula is C17H24N2O4. The molecule has 0 aromatic carbocycles. The summed E-state index contributed by atoms with van der Waals surface area (Å²) in [7, 11) is 0. The Morgan fingerprint density at radius 2 is 2.22 bits per heavy atom. The summed E-state index contributed by atoms with van der Waals surface area (Å²) in [5.74, 6) is 0.0425. The molecule has 0 radical (unpaired) electrons. The number of likely N-dealkylation sites (tertiary alicyclic amines) is 1. The fourth-order valence-electron chi connectivity index (χ4n) is 3.14. The lowest BCUT2D eigenvalue weighted by atomic mass is 9.84. The number of hydrogen-bond acceptors (Lipinski definition) is 5. The monoisotopic (exact) mass is 320 g/mol. The number of carbonyl (C=O) groups excluding carboxylic acids is 1. The molecule has 1 spiro atoms. The Bertz CT molecular complexity index is 517. The van der Waals surface area contributed by atoms with Gasteiger partial charge in [0, 0.05) is 32.0 Å². The second kappa shape index (κ2) is 7.38. The first-order valence-electron chi connectivity index (χ1n) is 8.21. The van der Waals surface area contributed by atoms with Crippen LogP contribution in [-0.4, -0.2) is 60.4 Å². The summed E-state index contributed by atoms with van der Waals surface area (Å²) in [5.41, 5.74) is 0.908. The van der Waals surface area contributed by atoms with Crippen molar-refractivity contribution in [3.05, 3.63) is 30.1 Å². The first-order valence-corrected chi connectivity index (χ1v) is 8.21. The molecule has 3 rings (SSSR count). The molecule has 2 aliphatic heterocycles. The van der Waals surface area contributed by atoms with E-state index in [9.17, 15) is 4.79 Å². The smallest absolute Gasteiger partial charge is 0.248 e. The van der Waals surface area contributed by atoms with Gasteiger partial charge in [-0.1, -0.05) is 0 Å². The van der Waals surface area contributed by atoms with Crippen molar-refractivity contribution in [3.63, 3.8) is 0 Å². The van der Waals surface area contributed by atoms with Crippen LogP contribution < -0.4 is 0 Å². The maximum Gasteiger partial charge on any atom is 0.248 e. The standard InChI is InChI=1S/C17H24N2O4/c1-2-21-11-16(20)19-12-17(13-19)9-15(5-8-23-17)22-10-14-3-6-18-7-4-14/h3-4,6-7,15H,2,5,8-13H2,1H3/t15-/m1/s1. The van der Waals surface area contributed by atoms with Crippen LogP contribution in [0.3, 0.4) is 0 Å². The number of aromatic nitrogens is 1. The average Bonchev–Trinajstić information content (AvgIpc) is 2.57. The van der Waals surface area contributed by atoms with E-state index in [-0.39, 0.29) is 24.2 Å². The maximum absolute atomic E-state index is 11.9. The molecule has 1 amide bonds. The summed E-state index contributed by atoms with van der Waals surface area (Å²) in [6.07, 6.45) is 5.48. The first-order chi connectivity index (χ1) is 11.2. The van der Waals surface area contributed by atoms with E-state index in [1.54, 1.807) is 17.3 Å². The van der Waals surface area contributed by atoms with E-state index in [1.807, 2.05) is 19.1 Å². The van der Waals surface area contributed by atoms with E-state index >= 15 is 0 Å². The van der Waals surface area contributed by atoms with Gasteiger partial charge in [-0.2, -0.15) is 0 Å². The van der Waals surface area contributed by atoms with Gasteiger partial charge in [0.05, 0.1) is 25.8 Å². The van der Waals surface area contributed by atoms with Gasteiger partial charge in [-0.05, 0) is 31.0 Å². The fourth-order valence-corrected chi connectivity index (χ4v) is 3.14. The molecule has 6 nitrogen and oxygen atoms in total. The fraction of sp³-hybridized carbons (Fsp3) is 0.647. The summed E-state index contributed by atoms with van der Waals surface area (Å²) in [5, 5.41) is 0. The van der Waals surface area contributed by atoms with Crippen molar-refractivity contribution in [1.29, 1.82) is 0 Å². The van der Waals surface area contributed by atoms with Gasteiger partial charge in [0.1, 0.15) is 12.2 Å². The zero-order chi connectivity index (χ0) is 16.1. The predicted molar refractivity (Wildman–Crippen MR) is 83.8 cm³/mol. The molecule has 0 bridgehead atoms. The van der Waals surface area contributed by atoms with Crippen LogP contribution in [0, 0.1) is 0 Å². The van der Waals surface area contributed by atoms with Crippen molar-refractivity contribution in [2.75, 3.05) is 32.9 Å². The summed E-state index contributed by atoms with van der Waals surface area (Å²) in [6.45, 7) is 5.19.